The van der Waals surface area contributed by atoms with E-state index in [1.807, 2.05) is 24.3 Å². The number of benzene rings is 4. The van der Waals surface area contributed by atoms with Gasteiger partial charge in [-0.3, -0.25) is 9.59 Å². The van der Waals surface area contributed by atoms with E-state index in [9.17, 15) is 33.4 Å². The lowest BCUT2D eigenvalue weighted by atomic mass is 9.78. The molecule has 6 rings (SSSR count). The second-order valence-electron chi connectivity index (χ2n) is 12.5. The summed E-state index contributed by atoms with van der Waals surface area (Å²) in [6, 6.07) is 25.0. The summed E-state index contributed by atoms with van der Waals surface area (Å²) in [6.07, 6.45) is 1.10. The zero-order valence-corrected chi connectivity index (χ0v) is 26.6. The van der Waals surface area contributed by atoms with Gasteiger partial charge < -0.3 is 29.9 Å². The van der Waals surface area contributed by atoms with Gasteiger partial charge in [0.05, 0.1) is 36.8 Å². The van der Waals surface area contributed by atoms with E-state index < -0.39 is 41.1 Å². The number of β-lactam (4-membered cyclic amide) rings is 1. The molecule has 3 N–H and O–H groups in total. The van der Waals surface area contributed by atoms with Crippen LogP contribution in [0.3, 0.4) is 0 Å². The van der Waals surface area contributed by atoms with Gasteiger partial charge in [0, 0.05) is 11.4 Å². The zero-order valence-electron chi connectivity index (χ0n) is 26.6. The number of nitrogens with zero attached hydrogens (tertiary/aromatic N) is 1. The number of aryl methyl sites for hydroxylation is 1. The van der Waals surface area contributed by atoms with Gasteiger partial charge in [-0.25, -0.2) is 13.6 Å². The van der Waals surface area contributed by atoms with Gasteiger partial charge in [0.15, 0.2) is 0 Å². The molecule has 0 bridgehead atoms. The minimum Gasteiger partial charge on any atom is -0.478 e. The van der Waals surface area contributed by atoms with Crippen molar-refractivity contribution in [1.82, 2.24) is 0 Å². The average Bonchev–Trinajstić information content (AvgIpc) is 3.08. The molecule has 4 aromatic carbocycles. The number of ether oxygens (including phenoxy) is 2. The van der Waals surface area contributed by atoms with Crippen LogP contribution >= 0.6 is 0 Å². The number of nitrogens with one attached hydrogen (secondary N) is 1. The molecular weight excluding hydrogens is 634 g/mol. The van der Waals surface area contributed by atoms with E-state index in [1.54, 1.807) is 29.2 Å². The van der Waals surface area contributed by atoms with Crippen molar-refractivity contribution in [3.8, 4) is 0 Å². The number of carbonyl (C=O) groups is 3. The predicted molar refractivity (Wildman–Crippen MR) is 177 cm³/mol. The molecule has 2 aliphatic rings. The number of hydrogen-bond acceptors (Lipinski definition) is 6. The monoisotopic (exact) mass is 670 g/mol. The van der Waals surface area contributed by atoms with Crippen molar-refractivity contribution in [2.75, 3.05) is 30.0 Å². The molecule has 0 saturated carbocycles. The zero-order chi connectivity index (χ0) is 34.5. The van der Waals surface area contributed by atoms with Gasteiger partial charge in [-0.15, -0.1) is 0 Å². The fourth-order valence-corrected chi connectivity index (χ4v) is 6.32. The molecule has 2 heterocycles. The van der Waals surface area contributed by atoms with Gasteiger partial charge in [0.2, 0.25) is 11.8 Å². The second kappa shape index (κ2) is 14.7. The summed E-state index contributed by atoms with van der Waals surface area (Å²) < 4.78 is 38.5. The molecule has 11 heteroatoms. The smallest absolute Gasteiger partial charge is 0.335 e. The average molecular weight is 671 g/mol. The van der Waals surface area contributed by atoms with Gasteiger partial charge in [-0.2, -0.15) is 0 Å². The van der Waals surface area contributed by atoms with Gasteiger partial charge >= 0.3 is 5.97 Å². The summed E-state index contributed by atoms with van der Waals surface area (Å²) in [7, 11) is 0. The van der Waals surface area contributed by atoms with Crippen LogP contribution in [0.25, 0.3) is 0 Å². The van der Waals surface area contributed by atoms with Crippen LogP contribution in [0.5, 0.6) is 0 Å². The number of aliphatic hydroxyl groups excluding tert-OH is 1. The first-order valence-electron chi connectivity index (χ1n) is 16.1. The van der Waals surface area contributed by atoms with Crippen molar-refractivity contribution >= 4 is 29.2 Å². The van der Waals surface area contributed by atoms with Crippen LogP contribution in [0, 0.1) is 17.6 Å². The van der Waals surface area contributed by atoms with Crippen molar-refractivity contribution < 1.29 is 42.9 Å². The number of carbonyl (C=O) groups excluding carboxylic acids is 2. The molecule has 2 unspecified atom stereocenters. The van der Waals surface area contributed by atoms with Crippen LogP contribution in [0.4, 0.5) is 20.2 Å². The molecule has 9 nitrogen and oxygen atoms in total. The van der Waals surface area contributed by atoms with Crippen LogP contribution in [0.15, 0.2) is 97.1 Å². The van der Waals surface area contributed by atoms with Crippen molar-refractivity contribution in [1.29, 1.82) is 0 Å². The summed E-state index contributed by atoms with van der Waals surface area (Å²) in [5.74, 6) is -2.81. The number of aromatic carboxylic acids is 1. The first kappa shape index (κ1) is 33.9. The van der Waals surface area contributed by atoms with E-state index in [4.69, 9.17) is 9.47 Å². The topological polar surface area (TPSA) is 125 Å². The van der Waals surface area contributed by atoms with Crippen molar-refractivity contribution in [3.63, 3.8) is 0 Å². The minimum atomic E-state index is -1.09. The maximum absolute atomic E-state index is 13.7. The van der Waals surface area contributed by atoms with E-state index in [0.29, 0.717) is 55.8 Å². The number of rotatable bonds is 14. The lowest BCUT2D eigenvalue weighted by Crippen LogP contribution is -2.55. The van der Waals surface area contributed by atoms with Crippen LogP contribution in [0.2, 0.25) is 0 Å². The second-order valence-corrected chi connectivity index (χ2v) is 12.5. The van der Waals surface area contributed by atoms with Crippen LogP contribution in [-0.4, -0.2) is 53.4 Å². The Hall–Kier alpha value is -4.97. The van der Waals surface area contributed by atoms with E-state index in [2.05, 4.69) is 5.32 Å². The third-order valence-electron chi connectivity index (χ3n) is 9.15. The SMILES string of the molecule is O=C(COC1(CCc2ccc([C@@H]3C(CCC(O)c4ccc(F)cc4)C(=O)N3c3ccc(F)cc3)cc2)COC1)Nc1cccc(C(=O)O)c1. The highest BCUT2D eigenvalue weighted by Crippen LogP contribution is 2.46. The van der Waals surface area contributed by atoms with E-state index >= 15 is 0 Å². The number of halogens is 2. The highest BCUT2D eigenvalue weighted by atomic mass is 19.1. The van der Waals surface area contributed by atoms with Gasteiger partial charge in [0.1, 0.15) is 23.8 Å². The lowest BCUT2D eigenvalue weighted by Gasteiger charge is -2.48. The molecular formula is C38H36F2N2O7. The lowest BCUT2D eigenvalue weighted by molar-refractivity contribution is -0.211. The largest absolute Gasteiger partial charge is 0.478 e. The molecule has 3 atom stereocenters. The third-order valence-corrected chi connectivity index (χ3v) is 9.15. The molecule has 2 amide bonds. The molecule has 0 radical (unpaired) electrons. The quantitative estimate of drug-likeness (QED) is 0.136. The minimum absolute atomic E-state index is 0.0665. The van der Waals surface area contributed by atoms with E-state index in [0.717, 1.165) is 11.1 Å². The third kappa shape index (κ3) is 7.86. The van der Waals surface area contributed by atoms with E-state index in [1.165, 1.54) is 48.5 Å². The van der Waals surface area contributed by atoms with Crippen LogP contribution in [-0.2, 0) is 25.5 Å². The summed E-state index contributed by atoms with van der Waals surface area (Å²) in [5.41, 5.74) is 2.88. The maximum atomic E-state index is 13.7. The molecule has 2 aliphatic heterocycles. The number of anilines is 2. The van der Waals surface area contributed by atoms with Crippen molar-refractivity contribution in [2.24, 2.45) is 5.92 Å². The van der Waals surface area contributed by atoms with Gasteiger partial charge in [-0.05, 0) is 97.0 Å². The summed E-state index contributed by atoms with van der Waals surface area (Å²) in [4.78, 5) is 38.8. The maximum Gasteiger partial charge on any atom is 0.335 e. The highest BCUT2D eigenvalue weighted by molar-refractivity contribution is 6.03. The van der Waals surface area contributed by atoms with Gasteiger partial charge in [-0.1, -0.05) is 42.5 Å². The first-order valence-corrected chi connectivity index (χ1v) is 16.1. The Morgan fingerprint density at radius 3 is 2.27 bits per heavy atom. The summed E-state index contributed by atoms with van der Waals surface area (Å²) in [5, 5.41) is 22.6. The van der Waals surface area contributed by atoms with Crippen LogP contribution in [0.1, 0.15) is 58.5 Å². The van der Waals surface area contributed by atoms with Crippen molar-refractivity contribution in [3.05, 3.63) is 131 Å². The van der Waals surface area contributed by atoms with Crippen LogP contribution < -0.4 is 10.2 Å². The molecule has 0 spiro atoms. The number of carboxylic acids is 1. The molecule has 2 saturated heterocycles. The molecule has 254 valence electrons. The number of hydrogen-bond donors (Lipinski definition) is 3. The molecule has 49 heavy (non-hydrogen) atoms. The Morgan fingerprint density at radius 1 is 0.959 bits per heavy atom. The normalized spacial score (nSPS) is 18.7. The highest BCUT2D eigenvalue weighted by Gasteiger charge is 2.48. The molecule has 0 aliphatic carbocycles. The molecule has 0 aromatic heterocycles. The van der Waals surface area contributed by atoms with Gasteiger partial charge in [0.25, 0.3) is 0 Å². The Morgan fingerprint density at radius 2 is 1.63 bits per heavy atom. The standard InChI is InChI=1S/C38H36F2N2O7/c39-28-10-8-25(9-11-28)33(43)17-16-32-35(42(36(32)45)31-14-12-29(40)13-15-31)26-6-4-24(5-7-26)18-19-38(22-48-23-38)49-21-34(44)41-30-3-1-2-27(20-30)37(46)47/h1-15,20,32-33,35,43H,16-19,21-23H2,(H,41,44)(H,46,47)/t32?,33?,35-/m1/s1. The molecule has 4 aromatic rings. The predicted octanol–water partition coefficient (Wildman–Crippen LogP) is 6.24. The number of amides is 2. The summed E-state index contributed by atoms with van der Waals surface area (Å²) >= 11 is 0. The Labute approximate surface area is 282 Å². The number of aliphatic hydroxyl groups is 1. The van der Waals surface area contributed by atoms with E-state index in [-0.39, 0.29) is 24.1 Å². The first-order chi connectivity index (χ1) is 23.6. The Kier molecular flexibility index (Phi) is 10.1. The fourth-order valence-electron chi connectivity index (χ4n) is 6.32. The molecule has 2 fully saturated rings. The summed E-state index contributed by atoms with van der Waals surface area (Å²) in [6.45, 7) is 0.468. The Bertz CT molecular complexity index is 1790. The van der Waals surface area contributed by atoms with Crippen molar-refractivity contribution in [2.45, 2.75) is 43.4 Å². The Balaban J connectivity index is 1.08. The number of carboxylic acid groups (broad SMARTS) is 1. The fraction of sp³-hybridized carbons (Fsp3) is 0.289.